The molecule has 9 unspecified atom stereocenters. The molecule has 3 aromatic carbocycles. The number of benzene rings is 3. The summed E-state index contributed by atoms with van der Waals surface area (Å²) in [6.45, 7) is 4.79. The molecule has 1 heterocycles. The minimum absolute atomic E-state index is 0.0775. The van der Waals surface area contributed by atoms with Crippen molar-refractivity contribution in [3.8, 4) is 11.5 Å². The maximum atomic E-state index is 15.7. The van der Waals surface area contributed by atoms with E-state index in [0.29, 0.717) is 11.5 Å². The second kappa shape index (κ2) is 14.8. The number of para-hydroxylation sites is 2. The van der Waals surface area contributed by atoms with Gasteiger partial charge in [-0.25, -0.2) is 14.4 Å². The van der Waals surface area contributed by atoms with E-state index in [1.165, 1.54) is 19.1 Å². The van der Waals surface area contributed by atoms with Crippen LogP contribution in [-0.2, 0) is 33.3 Å². The first-order chi connectivity index (χ1) is 26.6. The average molecular weight is 771 g/mol. The Morgan fingerprint density at radius 1 is 0.786 bits per heavy atom. The number of hydrogen-bond acceptors (Lipinski definition) is 13. The number of fused-ring (bicyclic) bond motifs is 5. The molecule has 0 spiro atoms. The molecule has 0 radical (unpaired) electrons. The standard InChI is InChI=1S/C43H46O13/c1-25-29(44)21-43(50)38(56-39(48)26-14-8-5-9-15-26)36-41(4,30(20-31-42(36,49)24-53-31)54-32(45)22-51-27-16-10-6-11-17-27)37(47)35(34(25)40(43,2)3)55-33(46)23-52-28-18-12-7-13-19-28/h5-19,29-31,35-36,38,44,49-50H,20-24H2,1-4H3. The van der Waals surface area contributed by atoms with Crippen molar-refractivity contribution in [1.82, 2.24) is 0 Å². The van der Waals surface area contributed by atoms with Crippen molar-refractivity contribution < 1.29 is 62.9 Å². The van der Waals surface area contributed by atoms with Gasteiger partial charge in [-0.3, -0.25) is 4.79 Å². The van der Waals surface area contributed by atoms with Crippen molar-refractivity contribution in [2.24, 2.45) is 16.7 Å². The molecule has 2 bridgehead atoms. The molecule has 4 aliphatic rings. The highest BCUT2D eigenvalue weighted by Crippen LogP contribution is 2.63. The first-order valence-electron chi connectivity index (χ1n) is 18.6. The quantitative estimate of drug-likeness (QED) is 0.154. The molecule has 7 rings (SSSR count). The maximum Gasteiger partial charge on any atom is 0.345 e. The Morgan fingerprint density at radius 2 is 1.32 bits per heavy atom. The summed E-state index contributed by atoms with van der Waals surface area (Å²) in [5.41, 5.74) is -7.26. The fraction of sp³-hybridized carbons (Fsp3) is 0.442. The molecule has 3 aromatic rings. The molecule has 56 heavy (non-hydrogen) atoms. The Morgan fingerprint density at radius 3 is 1.86 bits per heavy atom. The van der Waals surface area contributed by atoms with Crippen molar-refractivity contribution in [2.45, 2.75) is 82.3 Å². The van der Waals surface area contributed by atoms with E-state index in [9.17, 15) is 29.7 Å². The molecule has 0 aromatic heterocycles. The third kappa shape index (κ3) is 6.55. The van der Waals surface area contributed by atoms with E-state index in [2.05, 4.69) is 0 Å². The van der Waals surface area contributed by atoms with E-state index in [0.717, 1.165) is 0 Å². The van der Waals surface area contributed by atoms with Gasteiger partial charge in [0.05, 0.1) is 29.8 Å². The molecule has 3 N–H and O–H groups in total. The number of Topliss-reactive ketones (excluding diaryl/α,β-unsaturated/α-hetero) is 1. The fourth-order valence-electron chi connectivity index (χ4n) is 9.17. The van der Waals surface area contributed by atoms with Crippen LogP contribution < -0.4 is 9.47 Å². The number of aliphatic hydroxyl groups excluding tert-OH is 1. The van der Waals surface area contributed by atoms with Crippen LogP contribution in [0.5, 0.6) is 11.5 Å². The molecular weight excluding hydrogens is 724 g/mol. The number of carbonyl (C=O) groups is 4. The van der Waals surface area contributed by atoms with Gasteiger partial charge in [-0.05, 0) is 61.4 Å². The SMILES string of the molecule is CC1=C2C(OC(=O)COc3ccccc3)C(=O)C3(C)C(OC(=O)COc4ccccc4)CC4OCC4(O)C3C(OC(=O)c3ccccc3)C(O)(CC1O)C2(C)C. The normalized spacial score (nSPS) is 32.9. The molecule has 0 amide bonds. The second-order valence-corrected chi connectivity index (χ2v) is 15.8. The zero-order valence-corrected chi connectivity index (χ0v) is 31.6. The smallest absolute Gasteiger partial charge is 0.345 e. The number of aliphatic hydroxyl groups is 3. The highest BCUT2D eigenvalue weighted by atomic mass is 16.6. The summed E-state index contributed by atoms with van der Waals surface area (Å²) in [6, 6.07) is 25.1. The number of ether oxygens (including phenoxy) is 6. The third-order valence-electron chi connectivity index (χ3n) is 12.3. The lowest BCUT2D eigenvalue weighted by molar-refractivity contribution is -0.344. The molecule has 1 aliphatic heterocycles. The van der Waals surface area contributed by atoms with E-state index < -0.39 is 102 Å². The van der Waals surface area contributed by atoms with Crippen LogP contribution in [0.3, 0.4) is 0 Å². The van der Waals surface area contributed by atoms with Gasteiger partial charge in [0, 0.05) is 24.2 Å². The molecular formula is C43H46O13. The summed E-state index contributed by atoms with van der Waals surface area (Å²) < 4.78 is 35.6. The number of carbonyl (C=O) groups excluding carboxylic acids is 4. The van der Waals surface area contributed by atoms with Gasteiger partial charge in [0.15, 0.2) is 25.1 Å². The van der Waals surface area contributed by atoms with Crippen LogP contribution in [0.4, 0.5) is 0 Å². The van der Waals surface area contributed by atoms with E-state index in [1.54, 1.807) is 99.6 Å². The van der Waals surface area contributed by atoms with Crippen molar-refractivity contribution >= 4 is 23.7 Å². The van der Waals surface area contributed by atoms with Crippen molar-refractivity contribution in [3.63, 3.8) is 0 Å². The lowest BCUT2D eigenvalue weighted by Crippen LogP contribution is -2.81. The topological polar surface area (TPSA) is 184 Å². The molecule has 3 aliphatic carbocycles. The minimum Gasteiger partial charge on any atom is -0.482 e. The van der Waals surface area contributed by atoms with E-state index in [1.807, 2.05) is 0 Å². The van der Waals surface area contributed by atoms with Gasteiger partial charge in [0.1, 0.15) is 34.9 Å². The molecule has 1 saturated heterocycles. The minimum atomic E-state index is -2.22. The Kier molecular flexibility index (Phi) is 10.3. The van der Waals surface area contributed by atoms with Crippen LogP contribution in [0.2, 0.25) is 0 Å². The van der Waals surface area contributed by atoms with Gasteiger partial charge in [0.25, 0.3) is 0 Å². The second-order valence-electron chi connectivity index (χ2n) is 15.8. The van der Waals surface area contributed by atoms with E-state index in [4.69, 9.17) is 28.4 Å². The van der Waals surface area contributed by atoms with Crippen molar-refractivity contribution in [2.75, 3.05) is 19.8 Å². The first-order valence-corrected chi connectivity index (χ1v) is 18.6. The van der Waals surface area contributed by atoms with Crippen LogP contribution in [0.15, 0.2) is 102 Å². The Hall–Kier alpha value is -5.08. The van der Waals surface area contributed by atoms with Crippen LogP contribution in [0.1, 0.15) is 50.9 Å². The summed E-state index contributed by atoms with van der Waals surface area (Å²) >= 11 is 0. The predicted molar refractivity (Wildman–Crippen MR) is 197 cm³/mol. The summed E-state index contributed by atoms with van der Waals surface area (Å²) in [5, 5.41) is 37.5. The summed E-state index contributed by atoms with van der Waals surface area (Å²) in [6.07, 6.45) is -7.86. The average Bonchev–Trinajstić information content (AvgIpc) is 3.18. The van der Waals surface area contributed by atoms with Gasteiger partial charge in [-0.2, -0.15) is 0 Å². The summed E-state index contributed by atoms with van der Waals surface area (Å²) in [5.74, 6) is -4.24. The fourth-order valence-corrected chi connectivity index (χ4v) is 9.17. The van der Waals surface area contributed by atoms with Crippen LogP contribution in [-0.4, -0.2) is 101 Å². The van der Waals surface area contributed by atoms with Crippen LogP contribution in [0, 0.1) is 16.7 Å². The monoisotopic (exact) mass is 770 g/mol. The van der Waals surface area contributed by atoms with Crippen molar-refractivity contribution in [1.29, 1.82) is 0 Å². The number of hydrogen-bond donors (Lipinski definition) is 3. The molecule has 13 nitrogen and oxygen atoms in total. The van der Waals surface area contributed by atoms with Crippen molar-refractivity contribution in [3.05, 3.63) is 108 Å². The molecule has 13 heteroatoms. The predicted octanol–water partition coefficient (Wildman–Crippen LogP) is 3.77. The van der Waals surface area contributed by atoms with Gasteiger partial charge >= 0.3 is 17.9 Å². The first kappa shape index (κ1) is 39.2. The number of rotatable bonds is 10. The maximum absolute atomic E-state index is 15.7. The van der Waals surface area contributed by atoms with Crippen LogP contribution >= 0.6 is 0 Å². The molecule has 2 saturated carbocycles. The van der Waals surface area contributed by atoms with Gasteiger partial charge in [0.2, 0.25) is 0 Å². The lowest BCUT2D eigenvalue weighted by atomic mass is 9.44. The van der Waals surface area contributed by atoms with Gasteiger partial charge in [-0.1, -0.05) is 68.4 Å². The highest BCUT2D eigenvalue weighted by Gasteiger charge is 2.77. The Balaban J connectivity index is 1.36. The Labute approximate surface area is 324 Å². The molecule has 296 valence electrons. The van der Waals surface area contributed by atoms with Gasteiger partial charge < -0.3 is 43.7 Å². The third-order valence-corrected chi connectivity index (χ3v) is 12.3. The van der Waals surface area contributed by atoms with E-state index >= 15 is 4.79 Å². The summed E-state index contributed by atoms with van der Waals surface area (Å²) in [7, 11) is 0. The van der Waals surface area contributed by atoms with Crippen LogP contribution in [0.25, 0.3) is 0 Å². The molecule has 3 fully saturated rings. The zero-order chi connectivity index (χ0) is 40.0. The highest BCUT2D eigenvalue weighted by molar-refractivity contribution is 5.96. The zero-order valence-electron chi connectivity index (χ0n) is 31.6. The Bertz CT molecular complexity index is 2000. The number of ketones is 1. The number of esters is 3. The lowest BCUT2D eigenvalue weighted by Gasteiger charge is -2.67. The van der Waals surface area contributed by atoms with Gasteiger partial charge in [-0.15, -0.1) is 0 Å². The largest absolute Gasteiger partial charge is 0.482 e. The van der Waals surface area contributed by atoms with E-state index in [-0.39, 0.29) is 29.7 Å². The summed E-state index contributed by atoms with van der Waals surface area (Å²) in [4.78, 5) is 57.0. The molecule has 9 atom stereocenters.